The van der Waals surface area contributed by atoms with Crippen LogP contribution < -0.4 is 5.73 Å². The molecule has 18 heavy (non-hydrogen) atoms. The molecule has 1 saturated heterocycles. The SMILES string of the molecule is CC1CC(C)C(CN)N(CC2CC3CCC2C3)C1. The van der Waals surface area contributed by atoms with Crippen LogP contribution in [-0.2, 0) is 0 Å². The summed E-state index contributed by atoms with van der Waals surface area (Å²) in [5, 5.41) is 0. The van der Waals surface area contributed by atoms with Gasteiger partial charge in [0, 0.05) is 25.7 Å². The van der Waals surface area contributed by atoms with Crippen LogP contribution in [0.15, 0.2) is 0 Å². The molecule has 2 N–H and O–H groups in total. The summed E-state index contributed by atoms with van der Waals surface area (Å²) >= 11 is 0. The fraction of sp³-hybridized carbons (Fsp3) is 1.00. The molecule has 0 radical (unpaired) electrons. The maximum absolute atomic E-state index is 6.04. The molecule has 2 bridgehead atoms. The number of fused-ring (bicyclic) bond motifs is 2. The van der Waals surface area contributed by atoms with E-state index in [0.29, 0.717) is 6.04 Å². The van der Waals surface area contributed by atoms with Crippen molar-refractivity contribution in [3.05, 3.63) is 0 Å². The number of nitrogens with zero attached hydrogens (tertiary/aromatic N) is 1. The molecular weight excluding hydrogens is 220 g/mol. The molecule has 2 heteroatoms. The van der Waals surface area contributed by atoms with Crippen molar-refractivity contribution in [2.75, 3.05) is 19.6 Å². The van der Waals surface area contributed by atoms with E-state index in [-0.39, 0.29) is 0 Å². The van der Waals surface area contributed by atoms with Crippen LogP contribution in [0.5, 0.6) is 0 Å². The van der Waals surface area contributed by atoms with Crippen LogP contribution in [0.25, 0.3) is 0 Å². The Morgan fingerprint density at radius 1 is 1.11 bits per heavy atom. The Bertz CT molecular complexity index is 291. The molecule has 1 aliphatic heterocycles. The van der Waals surface area contributed by atoms with Crippen LogP contribution in [0.4, 0.5) is 0 Å². The van der Waals surface area contributed by atoms with Gasteiger partial charge in [-0.2, -0.15) is 0 Å². The summed E-state index contributed by atoms with van der Waals surface area (Å²) in [6, 6.07) is 0.653. The van der Waals surface area contributed by atoms with E-state index in [1.807, 2.05) is 0 Å². The van der Waals surface area contributed by atoms with E-state index in [1.54, 1.807) is 0 Å². The van der Waals surface area contributed by atoms with Gasteiger partial charge in [0.1, 0.15) is 0 Å². The summed E-state index contributed by atoms with van der Waals surface area (Å²) in [6.45, 7) is 8.31. The van der Waals surface area contributed by atoms with Gasteiger partial charge < -0.3 is 5.73 Å². The van der Waals surface area contributed by atoms with Crippen molar-refractivity contribution in [2.45, 2.75) is 52.0 Å². The van der Waals surface area contributed by atoms with E-state index >= 15 is 0 Å². The predicted octanol–water partition coefficient (Wildman–Crippen LogP) is 2.73. The first-order chi connectivity index (χ1) is 8.67. The van der Waals surface area contributed by atoms with Gasteiger partial charge in [0.25, 0.3) is 0 Å². The quantitative estimate of drug-likeness (QED) is 0.834. The third kappa shape index (κ3) is 2.34. The number of piperidine rings is 1. The highest BCUT2D eigenvalue weighted by atomic mass is 15.2. The molecule has 2 aliphatic carbocycles. The molecule has 3 fully saturated rings. The van der Waals surface area contributed by atoms with Gasteiger partial charge in [0.2, 0.25) is 0 Å². The summed E-state index contributed by atoms with van der Waals surface area (Å²) in [7, 11) is 0. The van der Waals surface area contributed by atoms with Gasteiger partial charge in [-0.1, -0.05) is 20.3 Å². The minimum absolute atomic E-state index is 0.653. The van der Waals surface area contributed by atoms with Gasteiger partial charge in [-0.3, -0.25) is 4.90 Å². The van der Waals surface area contributed by atoms with E-state index in [1.165, 1.54) is 45.2 Å². The first-order valence-electron chi connectivity index (χ1n) is 8.11. The zero-order valence-electron chi connectivity index (χ0n) is 12.1. The molecule has 1 heterocycles. The van der Waals surface area contributed by atoms with E-state index in [0.717, 1.165) is 36.1 Å². The monoisotopic (exact) mass is 250 g/mol. The smallest absolute Gasteiger partial charge is 0.0244 e. The van der Waals surface area contributed by atoms with Gasteiger partial charge in [-0.15, -0.1) is 0 Å². The largest absolute Gasteiger partial charge is 0.329 e. The predicted molar refractivity (Wildman–Crippen MR) is 76.3 cm³/mol. The van der Waals surface area contributed by atoms with Crippen LogP contribution in [0.2, 0.25) is 0 Å². The van der Waals surface area contributed by atoms with Crippen molar-refractivity contribution in [1.82, 2.24) is 4.90 Å². The third-order valence-electron chi connectivity index (χ3n) is 6.04. The van der Waals surface area contributed by atoms with E-state index in [4.69, 9.17) is 5.73 Å². The fourth-order valence-electron chi connectivity index (χ4n) is 5.25. The number of hydrogen-bond acceptors (Lipinski definition) is 2. The lowest BCUT2D eigenvalue weighted by molar-refractivity contribution is 0.0499. The molecule has 2 saturated carbocycles. The van der Waals surface area contributed by atoms with Crippen molar-refractivity contribution in [3.63, 3.8) is 0 Å². The average molecular weight is 250 g/mol. The van der Waals surface area contributed by atoms with E-state index < -0.39 is 0 Å². The van der Waals surface area contributed by atoms with Crippen molar-refractivity contribution >= 4 is 0 Å². The molecule has 104 valence electrons. The molecular formula is C16H30N2. The molecule has 0 aromatic rings. The van der Waals surface area contributed by atoms with E-state index in [9.17, 15) is 0 Å². The van der Waals surface area contributed by atoms with E-state index in [2.05, 4.69) is 18.7 Å². The molecule has 3 aliphatic rings. The van der Waals surface area contributed by atoms with Gasteiger partial charge in [0.05, 0.1) is 0 Å². The van der Waals surface area contributed by atoms with Crippen molar-refractivity contribution < 1.29 is 0 Å². The number of likely N-dealkylation sites (tertiary alicyclic amines) is 1. The molecule has 6 atom stereocenters. The molecule has 6 unspecified atom stereocenters. The van der Waals surface area contributed by atoms with Gasteiger partial charge >= 0.3 is 0 Å². The standard InChI is InChI=1S/C16H30N2/c1-11-5-12(2)16(8-17)18(9-11)10-15-7-13-3-4-14(15)6-13/h11-16H,3-10,17H2,1-2H3. The Labute approximate surface area is 112 Å². The highest BCUT2D eigenvalue weighted by molar-refractivity contribution is 4.94. The Balaban J connectivity index is 1.63. The third-order valence-corrected chi connectivity index (χ3v) is 6.04. The van der Waals surface area contributed by atoms with Crippen molar-refractivity contribution in [3.8, 4) is 0 Å². The second-order valence-corrected chi connectivity index (χ2v) is 7.51. The molecule has 0 amide bonds. The van der Waals surface area contributed by atoms with Gasteiger partial charge in [-0.25, -0.2) is 0 Å². The maximum atomic E-state index is 6.04. The molecule has 3 rings (SSSR count). The fourth-order valence-corrected chi connectivity index (χ4v) is 5.25. The topological polar surface area (TPSA) is 29.3 Å². The second-order valence-electron chi connectivity index (χ2n) is 7.51. The summed E-state index contributed by atoms with van der Waals surface area (Å²) in [6.07, 6.45) is 7.46. The number of nitrogens with two attached hydrogens (primary N) is 1. The summed E-state index contributed by atoms with van der Waals surface area (Å²) in [5.41, 5.74) is 6.04. The Morgan fingerprint density at radius 3 is 2.56 bits per heavy atom. The van der Waals surface area contributed by atoms with Crippen LogP contribution in [-0.4, -0.2) is 30.6 Å². The lowest BCUT2D eigenvalue weighted by Gasteiger charge is -2.44. The normalized spacial score (nSPS) is 48.8. The molecule has 0 spiro atoms. The van der Waals surface area contributed by atoms with Crippen LogP contribution in [0, 0.1) is 29.6 Å². The zero-order valence-corrected chi connectivity index (χ0v) is 12.1. The van der Waals surface area contributed by atoms with Crippen molar-refractivity contribution in [2.24, 2.45) is 35.3 Å². The lowest BCUT2D eigenvalue weighted by Crippen LogP contribution is -2.52. The molecule has 0 aromatic heterocycles. The van der Waals surface area contributed by atoms with Crippen molar-refractivity contribution in [1.29, 1.82) is 0 Å². The minimum atomic E-state index is 0.653. The molecule has 0 aromatic carbocycles. The average Bonchev–Trinajstić information content (AvgIpc) is 2.90. The first-order valence-corrected chi connectivity index (χ1v) is 8.11. The zero-order chi connectivity index (χ0) is 12.7. The van der Waals surface area contributed by atoms with Gasteiger partial charge in [-0.05, 0) is 55.3 Å². The number of hydrogen-bond donors (Lipinski definition) is 1. The summed E-state index contributed by atoms with van der Waals surface area (Å²) in [5.74, 6) is 4.78. The highest BCUT2D eigenvalue weighted by Crippen LogP contribution is 2.48. The Morgan fingerprint density at radius 2 is 1.94 bits per heavy atom. The first kappa shape index (κ1) is 12.9. The Kier molecular flexibility index (Phi) is 3.68. The van der Waals surface area contributed by atoms with Gasteiger partial charge in [0.15, 0.2) is 0 Å². The summed E-state index contributed by atoms with van der Waals surface area (Å²) < 4.78 is 0. The maximum Gasteiger partial charge on any atom is 0.0244 e. The second kappa shape index (κ2) is 5.13. The minimum Gasteiger partial charge on any atom is -0.329 e. The highest BCUT2D eigenvalue weighted by Gasteiger charge is 2.41. The Hall–Kier alpha value is -0.0800. The van der Waals surface area contributed by atoms with Crippen LogP contribution >= 0.6 is 0 Å². The van der Waals surface area contributed by atoms with Crippen LogP contribution in [0.1, 0.15) is 46.0 Å². The summed E-state index contributed by atoms with van der Waals surface area (Å²) in [4.78, 5) is 2.75. The van der Waals surface area contributed by atoms with Crippen LogP contribution in [0.3, 0.4) is 0 Å². The lowest BCUT2D eigenvalue weighted by atomic mass is 9.82. The number of rotatable bonds is 3. The molecule has 2 nitrogen and oxygen atoms in total.